The summed E-state index contributed by atoms with van der Waals surface area (Å²) in [5, 5.41) is 2.73. The van der Waals surface area contributed by atoms with E-state index in [-0.39, 0.29) is 18.9 Å². The van der Waals surface area contributed by atoms with Gasteiger partial charge in [0.15, 0.2) is 6.10 Å². The van der Waals surface area contributed by atoms with Crippen molar-refractivity contribution in [2.24, 2.45) is 5.92 Å². The van der Waals surface area contributed by atoms with Gasteiger partial charge in [-0.15, -0.1) is 0 Å². The van der Waals surface area contributed by atoms with Crippen molar-refractivity contribution < 1.29 is 23.5 Å². The van der Waals surface area contributed by atoms with Crippen LogP contribution in [0.1, 0.15) is 31.6 Å². The molecule has 1 aromatic carbocycles. The molecule has 2 atom stereocenters. The van der Waals surface area contributed by atoms with Crippen LogP contribution in [0.3, 0.4) is 0 Å². The molecular formula is C21H24N2O5. The molecule has 2 amide bonds. The van der Waals surface area contributed by atoms with Gasteiger partial charge in [0.1, 0.15) is 5.76 Å². The number of rotatable bonds is 7. The molecule has 3 rings (SSSR count). The van der Waals surface area contributed by atoms with Crippen LogP contribution in [0.5, 0.6) is 0 Å². The molecule has 1 aliphatic rings. The molecule has 28 heavy (non-hydrogen) atoms. The summed E-state index contributed by atoms with van der Waals surface area (Å²) in [4.78, 5) is 38.4. The Balaban J connectivity index is 1.50. The second-order valence-corrected chi connectivity index (χ2v) is 6.87. The third kappa shape index (κ3) is 4.79. The number of amides is 2. The van der Waals surface area contributed by atoms with Gasteiger partial charge in [-0.1, -0.05) is 19.1 Å². The molecule has 1 aromatic heterocycles. The van der Waals surface area contributed by atoms with Crippen molar-refractivity contribution in [1.82, 2.24) is 4.90 Å². The minimum absolute atomic E-state index is 0.0758. The first kappa shape index (κ1) is 19.7. The van der Waals surface area contributed by atoms with Gasteiger partial charge in [0.05, 0.1) is 18.7 Å². The molecule has 0 saturated carbocycles. The van der Waals surface area contributed by atoms with Gasteiger partial charge in [-0.2, -0.15) is 0 Å². The molecule has 7 nitrogen and oxygen atoms in total. The summed E-state index contributed by atoms with van der Waals surface area (Å²) in [7, 11) is 0. The molecular weight excluding hydrogens is 360 g/mol. The molecule has 1 saturated heterocycles. The number of nitrogens with one attached hydrogen (secondary N) is 1. The van der Waals surface area contributed by atoms with E-state index in [0.717, 1.165) is 6.42 Å². The lowest BCUT2D eigenvalue weighted by Gasteiger charge is -2.17. The Labute approximate surface area is 163 Å². The maximum atomic E-state index is 12.4. The van der Waals surface area contributed by atoms with E-state index in [9.17, 15) is 14.4 Å². The van der Waals surface area contributed by atoms with Gasteiger partial charge in [0, 0.05) is 18.7 Å². The number of nitrogens with zero attached hydrogens (tertiary/aromatic N) is 1. The SMILES string of the molecule is CCc1ccc(NC(=O)[C@@H](C)OC(=O)[C@@H]2CC(=O)N(Cc3ccco3)C2)cc1. The number of esters is 1. The molecule has 0 spiro atoms. The number of benzene rings is 1. The van der Waals surface area contributed by atoms with Crippen LogP contribution in [-0.2, 0) is 32.1 Å². The Hall–Kier alpha value is -3.09. The van der Waals surface area contributed by atoms with Crippen molar-refractivity contribution in [2.75, 3.05) is 11.9 Å². The summed E-state index contributed by atoms with van der Waals surface area (Å²) in [5.41, 5.74) is 1.81. The number of carbonyl (C=O) groups excluding carboxylic acids is 3. The van der Waals surface area contributed by atoms with E-state index in [1.54, 1.807) is 17.0 Å². The first-order valence-corrected chi connectivity index (χ1v) is 9.36. The number of anilines is 1. The molecule has 0 radical (unpaired) electrons. The van der Waals surface area contributed by atoms with E-state index in [2.05, 4.69) is 12.2 Å². The third-order valence-corrected chi connectivity index (χ3v) is 4.77. The lowest BCUT2D eigenvalue weighted by Crippen LogP contribution is -2.33. The Morgan fingerprint density at radius 2 is 2.04 bits per heavy atom. The third-order valence-electron chi connectivity index (χ3n) is 4.77. The molecule has 2 aromatic rings. The number of ether oxygens (including phenoxy) is 1. The Kier molecular flexibility index (Phi) is 6.13. The summed E-state index contributed by atoms with van der Waals surface area (Å²) in [5.74, 6) is -1.01. The Morgan fingerprint density at radius 3 is 2.68 bits per heavy atom. The number of hydrogen-bond acceptors (Lipinski definition) is 5. The van der Waals surface area contributed by atoms with E-state index in [1.807, 2.05) is 24.3 Å². The fraction of sp³-hybridized carbons (Fsp3) is 0.381. The maximum Gasteiger partial charge on any atom is 0.312 e. The Morgan fingerprint density at radius 1 is 1.29 bits per heavy atom. The number of likely N-dealkylation sites (tertiary alicyclic amines) is 1. The second kappa shape index (κ2) is 8.73. The van der Waals surface area contributed by atoms with Crippen molar-refractivity contribution >= 4 is 23.5 Å². The normalized spacial score (nSPS) is 17.4. The van der Waals surface area contributed by atoms with Crippen LogP contribution in [0.15, 0.2) is 47.1 Å². The predicted octanol–water partition coefficient (Wildman–Crippen LogP) is 2.76. The first-order valence-electron chi connectivity index (χ1n) is 9.36. The fourth-order valence-electron chi connectivity index (χ4n) is 3.07. The number of hydrogen-bond donors (Lipinski definition) is 1. The van der Waals surface area contributed by atoms with E-state index < -0.39 is 23.9 Å². The van der Waals surface area contributed by atoms with Crippen molar-refractivity contribution in [2.45, 2.75) is 39.3 Å². The van der Waals surface area contributed by atoms with Gasteiger partial charge in [0.2, 0.25) is 5.91 Å². The molecule has 2 heterocycles. The Bertz CT molecular complexity index is 829. The van der Waals surface area contributed by atoms with Gasteiger partial charge < -0.3 is 19.4 Å². The molecule has 1 aliphatic heterocycles. The first-order chi connectivity index (χ1) is 13.5. The van der Waals surface area contributed by atoms with Crippen LogP contribution >= 0.6 is 0 Å². The van der Waals surface area contributed by atoms with Gasteiger partial charge in [0.25, 0.3) is 5.91 Å². The van der Waals surface area contributed by atoms with Crippen molar-refractivity contribution in [1.29, 1.82) is 0 Å². The molecule has 148 valence electrons. The average molecular weight is 384 g/mol. The van der Waals surface area contributed by atoms with Crippen LogP contribution in [0.25, 0.3) is 0 Å². The monoisotopic (exact) mass is 384 g/mol. The summed E-state index contributed by atoms with van der Waals surface area (Å²) in [6, 6.07) is 11.0. The molecule has 1 fully saturated rings. The van der Waals surface area contributed by atoms with E-state index in [0.29, 0.717) is 18.0 Å². The standard InChI is InChI=1S/C21H24N2O5/c1-3-15-6-8-17(9-7-15)22-20(25)14(2)28-21(26)16-11-19(24)23(12-16)13-18-5-4-10-27-18/h4-10,14,16H,3,11-13H2,1-2H3,(H,22,25)/t14-,16-/m1/s1. The summed E-state index contributed by atoms with van der Waals surface area (Å²) in [6.45, 7) is 4.15. The van der Waals surface area contributed by atoms with E-state index in [1.165, 1.54) is 18.8 Å². The molecule has 1 N–H and O–H groups in total. The predicted molar refractivity (Wildman–Crippen MR) is 102 cm³/mol. The molecule has 7 heteroatoms. The summed E-state index contributed by atoms with van der Waals surface area (Å²) in [6.07, 6.45) is 1.58. The lowest BCUT2D eigenvalue weighted by atomic mass is 10.1. The molecule has 0 unspecified atom stereocenters. The molecule has 0 bridgehead atoms. The van der Waals surface area contributed by atoms with E-state index >= 15 is 0 Å². The summed E-state index contributed by atoms with van der Waals surface area (Å²) >= 11 is 0. The highest BCUT2D eigenvalue weighted by atomic mass is 16.5. The zero-order chi connectivity index (χ0) is 20.1. The van der Waals surface area contributed by atoms with Crippen LogP contribution in [-0.4, -0.2) is 35.3 Å². The fourth-order valence-corrected chi connectivity index (χ4v) is 3.07. The number of carbonyl (C=O) groups is 3. The van der Waals surface area contributed by atoms with Gasteiger partial charge >= 0.3 is 5.97 Å². The highest BCUT2D eigenvalue weighted by molar-refractivity contribution is 5.95. The smallest absolute Gasteiger partial charge is 0.312 e. The number of aryl methyl sites for hydroxylation is 1. The van der Waals surface area contributed by atoms with E-state index in [4.69, 9.17) is 9.15 Å². The highest BCUT2D eigenvalue weighted by Gasteiger charge is 2.36. The van der Waals surface area contributed by atoms with Gasteiger partial charge in [-0.05, 0) is 43.2 Å². The lowest BCUT2D eigenvalue weighted by molar-refractivity contribution is -0.157. The van der Waals surface area contributed by atoms with Crippen molar-refractivity contribution in [3.8, 4) is 0 Å². The number of furan rings is 1. The van der Waals surface area contributed by atoms with Crippen molar-refractivity contribution in [3.63, 3.8) is 0 Å². The topological polar surface area (TPSA) is 88.8 Å². The summed E-state index contributed by atoms with van der Waals surface area (Å²) < 4.78 is 10.5. The van der Waals surface area contributed by atoms with Gasteiger partial charge in [-0.3, -0.25) is 14.4 Å². The maximum absolute atomic E-state index is 12.4. The van der Waals surface area contributed by atoms with Crippen LogP contribution < -0.4 is 5.32 Å². The molecule has 0 aliphatic carbocycles. The van der Waals surface area contributed by atoms with Crippen molar-refractivity contribution in [3.05, 3.63) is 54.0 Å². The van der Waals surface area contributed by atoms with Crippen LogP contribution in [0, 0.1) is 5.92 Å². The van der Waals surface area contributed by atoms with Crippen LogP contribution in [0.2, 0.25) is 0 Å². The minimum Gasteiger partial charge on any atom is -0.467 e. The minimum atomic E-state index is -0.951. The van der Waals surface area contributed by atoms with Gasteiger partial charge in [-0.25, -0.2) is 0 Å². The zero-order valence-electron chi connectivity index (χ0n) is 16.0. The highest BCUT2D eigenvalue weighted by Crippen LogP contribution is 2.22. The largest absolute Gasteiger partial charge is 0.467 e. The quantitative estimate of drug-likeness (QED) is 0.742. The van der Waals surface area contributed by atoms with Crippen LogP contribution in [0.4, 0.5) is 5.69 Å². The zero-order valence-corrected chi connectivity index (χ0v) is 16.0. The average Bonchev–Trinajstić information content (AvgIpc) is 3.32. The second-order valence-electron chi connectivity index (χ2n) is 6.87.